The molecule has 0 aliphatic rings. The van der Waals surface area contributed by atoms with Crippen molar-refractivity contribution >= 4 is 27.5 Å². The monoisotopic (exact) mass is 346 g/mol. The zero-order valence-corrected chi connectivity index (χ0v) is 14.0. The molecule has 19 heavy (non-hydrogen) atoms. The van der Waals surface area contributed by atoms with Gasteiger partial charge < -0.3 is 5.11 Å². The number of alkyl halides is 1. The first-order chi connectivity index (χ1) is 9.13. The van der Waals surface area contributed by atoms with Crippen molar-refractivity contribution in [2.24, 2.45) is 0 Å². The molecule has 0 aromatic heterocycles. The van der Waals surface area contributed by atoms with Crippen LogP contribution in [-0.2, 0) is 6.42 Å². The average molecular weight is 348 g/mol. The van der Waals surface area contributed by atoms with E-state index in [1.165, 1.54) is 44.1 Å². The van der Waals surface area contributed by atoms with Gasteiger partial charge in [-0.1, -0.05) is 67.4 Å². The van der Waals surface area contributed by atoms with E-state index in [1.54, 1.807) is 12.1 Å². The van der Waals surface area contributed by atoms with Crippen LogP contribution in [0.15, 0.2) is 22.7 Å². The van der Waals surface area contributed by atoms with Crippen molar-refractivity contribution < 1.29 is 5.11 Å². The van der Waals surface area contributed by atoms with Crippen LogP contribution in [-0.4, -0.2) is 10.5 Å². The molecule has 0 spiro atoms. The zero-order valence-electron chi connectivity index (χ0n) is 11.7. The van der Waals surface area contributed by atoms with Crippen molar-refractivity contribution in [1.82, 2.24) is 0 Å². The summed E-state index contributed by atoms with van der Waals surface area (Å²) in [5.41, 5.74) is 1.17. The van der Waals surface area contributed by atoms with Gasteiger partial charge in [-0.2, -0.15) is 0 Å². The second-order valence-corrected chi connectivity index (χ2v) is 6.61. The number of rotatable bonds is 9. The molecule has 0 aliphatic heterocycles. The predicted octanol–water partition coefficient (Wildman–Crippen LogP) is 6.06. The third-order valence-electron chi connectivity index (χ3n) is 3.35. The van der Waals surface area contributed by atoms with Gasteiger partial charge in [0.1, 0.15) is 5.75 Å². The second kappa shape index (κ2) is 9.66. The summed E-state index contributed by atoms with van der Waals surface area (Å²) in [6.45, 7) is 2.24. The third kappa shape index (κ3) is 7.22. The molecule has 0 amide bonds. The van der Waals surface area contributed by atoms with Crippen LogP contribution in [0.2, 0.25) is 0 Å². The highest BCUT2D eigenvalue weighted by Crippen LogP contribution is 2.25. The van der Waals surface area contributed by atoms with E-state index in [0.29, 0.717) is 0 Å². The number of hydrogen-bond acceptors (Lipinski definition) is 1. The van der Waals surface area contributed by atoms with E-state index in [9.17, 15) is 5.11 Å². The van der Waals surface area contributed by atoms with Crippen LogP contribution in [0.4, 0.5) is 0 Å². The number of aromatic hydroxyl groups is 1. The Labute approximate surface area is 130 Å². The Morgan fingerprint density at radius 2 is 1.84 bits per heavy atom. The topological polar surface area (TPSA) is 20.2 Å². The highest BCUT2D eigenvalue weighted by Gasteiger charge is 2.09. The van der Waals surface area contributed by atoms with Gasteiger partial charge in [-0.05, 0) is 30.5 Å². The van der Waals surface area contributed by atoms with Gasteiger partial charge in [0, 0.05) is 9.85 Å². The normalized spacial score (nSPS) is 12.6. The molecule has 1 aromatic rings. The Hall–Kier alpha value is -0.210. The Kier molecular flexibility index (Phi) is 8.56. The predicted molar refractivity (Wildman–Crippen MR) is 87.1 cm³/mol. The first-order valence-corrected chi connectivity index (χ1v) is 8.48. The molecule has 0 aliphatic carbocycles. The summed E-state index contributed by atoms with van der Waals surface area (Å²) in [5, 5.41) is 9.54. The third-order valence-corrected chi connectivity index (χ3v) is 4.46. The Morgan fingerprint density at radius 1 is 1.16 bits per heavy atom. The summed E-state index contributed by atoms with van der Waals surface area (Å²) >= 11 is 9.85. The second-order valence-electron chi connectivity index (χ2n) is 5.13. The standard InChI is InChI=1S/C16H24BrClO/c1-2-3-4-5-6-7-8-14(18)11-13-9-10-15(19)12-16(13)17/h9-10,12,14,19H,2-8,11H2,1H3. The number of unbranched alkanes of at least 4 members (excludes halogenated alkanes) is 5. The van der Waals surface area contributed by atoms with E-state index in [0.717, 1.165) is 17.3 Å². The van der Waals surface area contributed by atoms with Crippen molar-refractivity contribution in [3.63, 3.8) is 0 Å². The summed E-state index contributed by atoms with van der Waals surface area (Å²) < 4.78 is 0.945. The molecule has 1 atom stereocenters. The molecule has 1 nitrogen and oxygen atoms in total. The first-order valence-electron chi connectivity index (χ1n) is 7.25. The minimum Gasteiger partial charge on any atom is -0.508 e. The summed E-state index contributed by atoms with van der Waals surface area (Å²) in [6, 6.07) is 5.38. The molecule has 0 fully saturated rings. The van der Waals surface area contributed by atoms with Gasteiger partial charge in [0.15, 0.2) is 0 Å². The van der Waals surface area contributed by atoms with Crippen LogP contribution < -0.4 is 0 Å². The van der Waals surface area contributed by atoms with Crippen molar-refractivity contribution in [2.75, 3.05) is 0 Å². The fourth-order valence-electron chi connectivity index (χ4n) is 2.19. The van der Waals surface area contributed by atoms with Crippen molar-refractivity contribution in [3.05, 3.63) is 28.2 Å². The number of benzene rings is 1. The van der Waals surface area contributed by atoms with Crippen LogP contribution in [0.25, 0.3) is 0 Å². The molecule has 0 saturated carbocycles. The number of phenols is 1. The van der Waals surface area contributed by atoms with Gasteiger partial charge in [-0.15, -0.1) is 11.6 Å². The minimum absolute atomic E-state index is 0.187. The molecule has 0 bridgehead atoms. The van der Waals surface area contributed by atoms with Gasteiger partial charge in [0.2, 0.25) is 0 Å². The number of hydrogen-bond donors (Lipinski definition) is 1. The van der Waals surface area contributed by atoms with Crippen LogP contribution >= 0.6 is 27.5 Å². The Balaban J connectivity index is 2.21. The maximum atomic E-state index is 9.35. The maximum absolute atomic E-state index is 9.35. The molecule has 0 radical (unpaired) electrons. The van der Waals surface area contributed by atoms with E-state index in [1.807, 2.05) is 6.07 Å². The molecular formula is C16H24BrClO. The van der Waals surface area contributed by atoms with E-state index in [4.69, 9.17) is 11.6 Å². The first kappa shape index (κ1) is 16.8. The van der Waals surface area contributed by atoms with Gasteiger partial charge in [-0.25, -0.2) is 0 Å². The van der Waals surface area contributed by atoms with Gasteiger partial charge in [-0.3, -0.25) is 0 Å². The summed E-state index contributed by atoms with van der Waals surface area (Å²) in [6.07, 6.45) is 9.77. The maximum Gasteiger partial charge on any atom is 0.116 e. The molecule has 108 valence electrons. The fourth-order valence-corrected chi connectivity index (χ4v) is 3.04. The lowest BCUT2D eigenvalue weighted by Crippen LogP contribution is -2.04. The van der Waals surface area contributed by atoms with Crippen LogP contribution in [0, 0.1) is 0 Å². The van der Waals surface area contributed by atoms with Crippen LogP contribution in [0.3, 0.4) is 0 Å². The highest BCUT2D eigenvalue weighted by atomic mass is 79.9. The lowest BCUT2D eigenvalue weighted by Gasteiger charge is -2.11. The minimum atomic E-state index is 0.187. The molecule has 1 N–H and O–H groups in total. The fraction of sp³-hybridized carbons (Fsp3) is 0.625. The number of phenolic OH excluding ortho intramolecular Hbond substituents is 1. The van der Waals surface area contributed by atoms with E-state index in [-0.39, 0.29) is 11.1 Å². The van der Waals surface area contributed by atoms with Crippen molar-refractivity contribution in [2.45, 2.75) is 63.7 Å². The van der Waals surface area contributed by atoms with Gasteiger partial charge in [0.25, 0.3) is 0 Å². The van der Waals surface area contributed by atoms with E-state index in [2.05, 4.69) is 22.9 Å². The lowest BCUT2D eigenvalue weighted by molar-refractivity contribution is 0.474. The molecule has 1 unspecified atom stereocenters. The van der Waals surface area contributed by atoms with Crippen LogP contribution in [0.5, 0.6) is 5.75 Å². The zero-order chi connectivity index (χ0) is 14.1. The largest absolute Gasteiger partial charge is 0.508 e. The number of halogens is 2. The van der Waals surface area contributed by atoms with Gasteiger partial charge >= 0.3 is 0 Å². The summed E-state index contributed by atoms with van der Waals surface area (Å²) in [5.74, 6) is 0.290. The molecular weight excluding hydrogens is 324 g/mol. The van der Waals surface area contributed by atoms with E-state index < -0.39 is 0 Å². The summed E-state index contributed by atoms with van der Waals surface area (Å²) in [7, 11) is 0. The molecule has 0 saturated heterocycles. The summed E-state index contributed by atoms with van der Waals surface area (Å²) in [4.78, 5) is 0. The van der Waals surface area contributed by atoms with Gasteiger partial charge in [0.05, 0.1) is 0 Å². The Bertz CT molecular complexity index is 368. The van der Waals surface area contributed by atoms with Crippen molar-refractivity contribution in [1.29, 1.82) is 0 Å². The Morgan fingerprint density at radius 3 is 2.53 bits per heavy atom. The van der Waals surface area contributed by atoms with E-state index >= 15 is 0 Å². The highest BCUT2D eigenvalue weighted by molar-refractivity contribution is 9.10. The molecule has 1 aromatic carbocycles. The van der Waals surface area contributed by atoms with Crippen LogP contribution in [0.1, 0.15) is 57.4 Å². The smallest absolute Gasteiger partial charge is 0.116 e. The SMILES string of the molecule is CCCCCCCCC(Cl)Cc1ccc(O)cc1Br. The quantitative estimate of drug-likeness (QED) is 0.425. The molecule has 0 heterocycles. The van der Waals surface area contributed by atoms with Crippen molar-refractivity contribution in [3.8, 4) is 5.75 Å². The average Bonchev–Trinajstić information content (AvgIpc) is 2.37. The molecule has 3 heteroatoms. The lowest BCUT2D eigenvalue weighted by atomic mass is 10.0. The molecule has 1 rings (SSSR count).